The molecule has 3 heterocycles. The summed E-state index contributed by atoms with van der Waals surface area (Å²) in [5.74, 6) is 0.367. The molecule has 0 bridgehead atoms. The van der Waals surface area contributed by atoms with Gasteiger partial charge in [0.2, 0.25) is 5.91 Å². The lowest BCUT2D eigenvalue weighted by Crippen LogP contribution is -2.43. The van der Waals surface area contributed by atoms with Crippen molar-refractivity contribution in [3.63, 3.8) is 0 Å². The smallest absolute Gasteiger partial charge is 0.224 e. The normalized spacial score (nSPS) is 18.1. The molecule has 0 spiro atoms. The predicted octanol–water partition coefficient (Wildman–Crippen LogP) is 3.13. The molecule has 1 aromatic carbocycles. The number of rotatable bonds is 7. The number of piperidine rings is 1. The molecule has 4 rings (SSSR count). The Kier molecular flexibility index (Phi) is 6.54. The quantitative estimate of drug-likeness (QED) is 0.658. The van der Waals surface area contributed by atoms with Gasteiger partial charge in [-0.2, -0.15) is 5.10 Å². The third-order valence-electron chi connectivity index (χ3n) is 5.71. The lowest BCUT2D eigenvalue weighted by atomic mass is 9.88. The molecule has 6 heteroatoms. The SMILES string of the molecule is Cn1cc(CN2CCC[C@@H]([C@H](NC(=O)Cc3ccccc3)c3ccccn3)C2)cn1. The second-order valence-corrected chi connectivity index (χ2v) is 8.12. The summed E-state index contributed by atoms with van der Waals surface area (Å²) in [4.78, 5) is 19.9. The number of nitrogens with one attached hydrogen (secondary N) is 1. The van der Waals surface area contributed by atoms with Crippen molar-refractivity contribution in [2.24, 2.45) is 13.0 Å². The van der Waals surface area contributed by atoms with Gasteiger partial charge >= 0.3 is 0 Å². The van der Waals surface area contributed by atoms with Crippen molar-refractivity contribution >= 4 is 5.91 Å². The monoisotopic (exact) mass is 403 g/mol. The van der Waals surface area contributed by atoms with Gasteiger partial charge in [0.05, 0.1) is 24.4 Å². The van der Waals surface area contributed by atoms with Crippen molar-refractivity contribution in [3.8, 4) is 0 Å². The number of aromatic nitrogens is 3. The third kappa shape index (κ3) is 5.33. The number of nitrogens with zero attached hydrogens (tertiary/aromatic N) is 4. The van der Waals surface area contributed by atoms with Crippen molar-refractivity contribution in [2.45, 2.75) is 31.8 Å². The highest BCUT2D eigenvalue weighted by Crippen LogP contribution is 2.29. The number of hydrogen-bond donors (Lipinski definition) is 1. The summed E-state index contributed by atoms with van der Waals surface area (Å²) in [5, 5.41) is 7.58. The van der Waals surface area contributed by atoms with E-state index >= 15 is 0 Å². The number of pyridine rings is 1. The Morgan fingerprint density at radius 1 is 1.17 bits per heavy atom. The lowest BCUT2D eigenvalue weighted by Gasteiger charge is -2.37. The van der Waals surface area contributed by atoms with E-state index in [9.17, 15) is 4.79 Å². The van der Waals surface area contributed by atoms with Gasteiger partial charge in [-0.3, -0.25) is 19.4 Å². The number of carbonyl (C=O) groups excluding carboxylic acids is 1. The molecule has 2 atom stereocenters. The second kappa shape index (κ2) is 9.67. The second-order valence-electron chi connectivity index (χ2n) is 8.12. The van der Waals surface area contributed by atoms with Crippen LogP contribution in [0.25, 0.3) is 0 Å². The van der Waals surface area contributed by atoms with Crippen molar-refractivity contribution in [1.82, 2.24) is 25.0 Å². The van der Waals surface area contributed by atoms with Gasteiger partial charge < -0.3 is 5.32 Å². The molecule has 0 saturated carbocycles. The third-order valence-corrected chi connectivity index (χ3v) is 5.71. The van der Waals surface area contributed by atoms with E-state index in [4.69, 9.17) is 0 Å². The Balaban J connectivity index is 1.47. The molecule has 156 valence electrons. The van der Waals surface area contributed by atoms with Crippen molar-refractivity contribution < 1.29 is 4.79 Å². The Bertz CT molecular complexity index is 940. The van der Waals surface area contributed by atoms with Gasteiger partial charge in [0, 0.05) is 38.1 Å². The van der Waals surface area contributed by atoms with Crippen LogP contribution in [-0.2, 0) is 24.8 Å². The Morgan fingerprint density at radius 2 is 2.00 bits per heavy atom. The molecule has 1 amide bonds. The Labute approximate surface area is 177 Å². The van der Waals surface area contributed by atoms with Crippen LogP contribution in [0.4, 0.5) is 0 Å². The summed E-state index contributed by atoms with van der Waals surface area (Å²) in [6.07, 6.45) is 8.39. The fourth-order valence-corrected chi connectivity index (χ4v) is 4.32. The highest BCUT2D eigenvalue weighted by Gasteiger charge is 2.30. The van der Waals surface area contributed by atoms with Crippen molar-refractivity contribution in [3.05, 3.63) is 83.9 Å². The number of likely N-dealkylation sites (tertiary alicyclic amines) is 1. The van der Waals surface area contributed by atoms with E-state index in [1.54, 1.807) is 0 Å². The maximum absolute atomic E-state index is 12.9. The first kappa shape index (κ1) is 20.3. The van der Waals surface area contributed by atoms with Gasteiger partial charge in [0.25, 0.3) is 0 Å². The molecule has 2 aromatic heterocycles. The van der Waals surface area contributed by atoms with Gasteiger partial charge in [0.1, 0.15) is 0 Å². The van der Waals surface area contributed by atoms with Crippen LogP contribution >= 0.6 is 0 Å². The zero-order valence-electron chi connectivity index (χ0n) is 17.4. The zero-order chi connectivity index (χ0) is 20.8. The summed E-state index contributed by atoms with van der Waals surface area (Å²) in [6.45, 7) is 2.89. The lowest BCUT2D eigenvalue weighted by molar-refractivity contribution is -0.121. The van der Waals surface area contributed by atoms with Crippen LogP contribution in [-0.4, -0.2) is 38.7 Å². The van der Waals surface area contributed by atoms with Crippen LogP contribution in [0, 0.1) is 5.92 Å². The van der Waals surface area contributed by atoms with Gasteiger partial charge in [-0.05, 0) is 43.0 Å². The van der Waals surface area contributed by atoms with Crippen LogP contribution in [0.3, 0.4) is 0 Å². The van der Waals surface area contributed by atoms with Gasteiger partial charge in [-0.15, -0.1) is 0 Å². The van der Waals surface area contributed by atoms with E-state index in [1.807, 2.05) is 72.7 Å². The predicted molar refractivity (Wildman–Crippen MR) is 116 cm³/mol. The minimum absolute atomic E-state index is 0.0428. The minimum Gasteiger partial charge on any atom is -0.347 e. The van der Waals surface area contributed by atoms with Crippen LogP contribution in [0.2, 0.25) is 0 Å². The Hall–Kier alpha value is -2.99. The van der Waals surface area contributed by atoms with E-state index in [2.05, 4.69) is 26.5 Å². The minimum atomic E-state index is -0.0842. The number of amides is 1. The molecule has 1 aliphatic rings. The number of benzene rings is 1. The first-order valence-corrected chi connectivity index (χ1v) is 10.6. The fraction of sp³-hybridized carbons (Fsp3) is 0.375. The largest absolute Gasteiger partial charge is 0.347 e. The molecule has 0 unspecified atom stereocenters. The van der Waals surface area contributed by atoms with E-state index < -0.39 is 0 Å². The Morgan fingerprint density at radius 3 is 2.73 bits per heavy atom. The van der Waals surface area contributed by atoms with Gasteiger partial charge in [-0.25, -0.2) is 0 Å². The maximum Gasteiger partial charge on any atom is 0.224 e. The van der Waals surface area contributed by atoms with E-state index in [0.717, 1.165) is 43.7 Å². The average molecular weight is 404 g/mol. The molecule has 30 heavy (non-hydrogen) atoms. The van der Waals surface area contributed by atoms with Crippen LogP contribution in [0.5, 0.6) is 0 Å². The van der Waals surface area contributed by atoms with Crippen LogP contribution in [0.1, 0.15) is 35.7 Å². The van der Waals surface area contributed by atoms with Gasteiger partial charge in [0.15, 0.2) is 0 Å². The summed E-state index contributed by atoms with van der Waals surface area (Å²) in [7, 11) is 1.95. The molecule has 1 fully saturated rings. The summed E-state index contributed by atoms with van der Waals surface area (Å²) < 4.78 is 1.84. The number of hydrogen-bond acceptors (Lipinski definition) is 4. The summed E-state index contributed by atoms with van der Waals surface area (Å²) in [6, 6.07) is 15.7. The topological polar surface area (TPSA) is 63.0 Å². The molecule has 3 aromatic rings. The molecule has 1 aliphatic heterocycles. The van der Waals surface area contributed by atoms with Crippen LogP contribution < -0.4 is 5.32 Å². The molecule has 1 N–H and O–H groups in total. The zero-order valence-corrected chi connectivity index (χ0v) is 17.4. The fourth-order valence-electron chi connectivity index (χ4n) is 4.32. The molecular weight excluding hydrogens is 374 g/mol. The highest BCUT2D eigenvalue weighted by molar-refractivity contribution is 5.79. The highest BCUT2D eigenvalue weighted by atomic mass is 16.1. The van der Waals surface area contributed by atoms with E-state index in [1.165, 1.54) is 5.56 Å². The summed E-state index contributed by atoms with van der Waals surface area (Å²) in [5.41, 5.74) is 3.18. The van der Waals surface area contributed by atoms with E-state index in [0.29, 0.717) is 12.3 Å². The maximum atomic E-state index is 12.9. The first-order chi connectivity index (χ1) is 14.7. The molecular formula is C24H29N5O. The molecule has 1 saturated heterocycles. The van der Waals surface area contributed by atoms with E-state index in [-0.39, 0.29) is 11.9 Å². The van der Waals surface area contributed by atoms with Crippen molar-refractivity contribution in [1.29, 1.82) is 0 Å². The number of aryl methyl sites for hydroxylation is 1. The van der Waals surface area contributed by atoms with Crippen LogP contribution in [0.15, 0.2) is 67.1 Å². The molecule has 0 aliphatic carbocycles. The average Bonchev–Trinajstić information content (AvgIpc) is 3.18. The van der Waals surface area contributed by atoms with Crippen molar-refractivity contribution in [2.75, 3.05) is 13.1 Å². The molecule has 6 nitrogen and oxygen atoms in total. The standard InChI is InChI=1S/C24H29N5O/c1-28-16-20(15-26-28)17-29-13-7-10-21(18-29)24(22-11-5-6-12-25-22)27-23(30)14-19-8-3-2-4-9-19/h2-6,8-9,11-12,15-16,21,24H,7,10,13-14,17-18H2,1H3,(H,27,30)/t21-,24+/m1/s1. The number of carbonyl (C=O) groups is 1. The molecule has 0 radical (unpaired) electrons. The summed E-state index contributed by atoms with van der Waals surface area (Å²) >= 11 is 0. The van der Waals surface area contributed by atoms with Gasteiger partial charge in [-0.1, -0.05) is 36.4 Å². The first-order valence-electron chi connectivity index (χ1n) is 10.6.